The van der Waals surface area contributed by atoms with Crippen LogP contribution in [0.2, 0.25) is 0 Å². The molecular formula is C13H21N3O5. The number of likely N-dealkylation sites (N-methyl/N-ethyl adjacent to an activating group) is 1. The highest BCUT2D eigenvalue weighted by Gasteiger charge is 2.43. The van der Waals surface area contributed by atoms with Gasteiger partial charge in [-0.2, -0.15) is 0 Å². The minimum atomic E-state index is -1.02. The van der Waals surface area contributed by atoms with Crippen molar-refractivity contribution in [3.63, 3.8) is 0 Å². The lowest BCUT2D eigenvalue weighted by Gasteiger charge is -2.47. The van der Waals surface area contributed by atoms with Crippen LogP contribution in [-0.4, -0.2) is 77.7 Å². The quantitative estimate of drug-likeness (QED) is 0.728. The predicted octanol–water partition coefficient (Wildman–Crippen LogP) is -0.508. The van der Waals surface area contributed by atoms with Crippen LogP contribution in [0.15, 0.2) is 0 Å². The van der Waals surface area contributed by atoms with E-state index in [9.17, 15) is 14.4 Å². The minimum absolute atomic E-state index is 0.0352. The Morgan fingerprint density at radius 1 is 1.48 bits per heavy atom. The lowest BCUT2D eigenvalue weighted by molar-refractivity contribution is -0.159. The van der Waals surface area contributed by atoms with Crippen molar-refractivity contribution in [1.29, 1.82) is 0 Å². The van der Waals surface area contributed by atoms with E-state index in [4.69, 9.17) is 9.84 Å². The predicted molar refractivity (Wildman–Crippen MR) is 72.8 cm³/mol. The third kappa shape index (κ3) is 3.84. The van der Waals surface area contributed by atoms with Crippen LogP contribution in [0.4, 0.5) is 4.79 Å². The first kappa shape index (κ1) is 15.6. The molecule has 0 aliphatic carbocycles. The second-order valence-corrected chi connectivity index (χ2v) is 5.95. The fourth-order valence-corrected chi connectivity index (χ4v) is 2.63. The Bertz CT molecular complexity index is 447. The molecule has 0 radical (unpaired) electrons. The van der Waals surface area contributed by atoms with Gasteiger partial charge in [0.05, 0.1) is 13.1 Å². The van der Waals surface area contributed by atoms with Crippen LogP contribution in [0.3, 0.4) is 0 Å². The molecule has 2 aliphatic heterocycles. The second kappa shape index (κ2) is 5.88. The van der Waals surface area contributed by atoms with E-state index in [2.05, 4.69) is 5.32 Å². The van der Waals surface area contributed by atoms with Crippen LogP contribution in [-0.2, 0) is 14.3 Å². The Morgan fingerprint density at radius 2 is 2.14 bits per heavy atom. The van der Waals surface area contributed by atoms with Crippen LogP contribution in [0.1, 0.15) is 19.8 Å². The van der Waals surface area contributed by atoms with E-state index < -0.39 is 11.6 Å². The summed E-state index contributed by atoms with van der Waals surface area (Å²) in [5, 5.41) is 11.5. The molecule has 2 saturated heterocycles. The van der Waals surface area contributed by atoms with Crippen molar-refractivity contribution in [1.82, 2.24) is 15.1 Å². The Morgan fingerprint density at radius 3 is 2.71 bits per heavy atom. The molecule has 0 bridgehead atoms. The van der Waals surface area contributed by atoms with Crippen LogP contribution in [0.25, 0.3) is 0 Å². The van der Waals surface area contributed by atoms with Gasteiger partial charge in [0, 0.05) is 26.1 Å². The van der Waals surface area contributed by atoms with Gasteiger partial charge in [-0.25, -0.2) is 9.59 Å². The van der Waals surface area contributed by atoms with Crippen molar-refractivity contribution in [2.24, 2.45) is 0 Å². The van der Waals surface area contributed by atoms with E-state index in [1.165, 1.54) is 0 Å². The van der Waals surface area contributed by atoms with Gasteiger partial charge >= 0.3 is 12.0 Å². The van der Waals surface area contributed by atoms with Gasteiger partial charge in [-0.3, -0.25) is 4.79 Å². The number of piperidine rings is 1. The molecule has 1 unspecified atom stereocenters. The molecule has 2 N–H and O–H groups in total. The summed E-state index contributed by atoms with van der Waals surface area (Å²) in [6.45, 7) is 2.68. The molecule has 2 rings (SSSR count). The molecule has 2 fully saturated rings. The standard InChI is InChI=1S/C13H21N3O5/c1-13(21-6-11(18)19)7-16(8-13)12(20)14-9-3-4-10(17)15(2)5-9/h9H,3-8H2,1-2H3,(H,14,20)(H,18,19). The van der Waals surface area contributed by atoms with E-state index in [1.807, 2.05) is 0 Å². The highest BCUT2D eigenvalue weighted by molar-refractivity contribution is 5.78. The van der Waals surface area contributed by atoms with Crippen molar-refractivity contribution >= 4 is 17.9 Å². The van der Waals surface area contributed by atoms with E-state index in [0.717, 1.165) is 0 Å². The first-order valence-electron chi connectivity index (χ1n) is 6.94. The first-order chi connectivity index (χ1) is 9.79. The van der Waals surface area contributed by atoms with E-state index in [1.54, 1.807) is 23.8 Å². The number of carbonyl (C=O) groups is 3. The third-order valence-electron chi connectivity index (χ3n) is 3.84. The molecule has 118 valence electrons. The molecule has 0 spiro atoms. The topological polar surface area (TPSA) is 99.2 Å². The van der Waals surface area contributed by atoms with Crippen molar-refractivity contribution in [3.05, 3.63) is 0 Å². The smallest absolute Gasteiger partial charge is 0.329 e. The number of hydrogen-bond acceptors (Lipinski definition) is 4. The van der Waals surface area contributed by atoms with Gasteiger partial charge in [0.2, 0.25) is 5.91 Å². The molecule has 8 nitrogen and oxygen atoms in total. The summed E-state index contributed by atoms with van der Waals surface area (Å²) in [6, 6.07) is -0.230. The largest absolute Gasteiger partial charge is 0.480 e. The number of ether oxygens (including phenoxy) is 1. The number of carboxylic acids is 1. The van der Waals surface area contributed by atoms with Crippen molar-refractivity contribution in [3.8, 4) is 0 Å². The second-order valence-electron chi connectivity index (χ2n) is 5.95. The SMILES string of the molecule is CN1CC(NC(=O)N2CC(C)(OCC(=O)O)C2)CCC1=O. The molecule has 0 saturated carbocycles. The maximum Gasteiger partial charge on any atom is 0.329 e. The Hall–Kier alpha value is -1.83. The first-order valence-corrected chi connectivity index (χ1v) is 6.94. The zero-order chi connectivity index (χ0) is 15.6. The number of urea groups is 1. The summed E-state index contributed by atoms with van der Waals surface area (Å²) < 4.78 is 5.25. The lowest BCUT2D eigenvalue weighted by Crippen LogP contribution is -2.66. The fraction of sp³-hybridized carbons (Fsp3) is 0.769. The lowest BCUT2D eigenvalue weighted by atomic mass is 9.97. The van der Waals surface area contributed by atoms with Gasteiger partial charge in [0.1, 0.15) is 12.2 Å². The number of hydrogen-bond donors (Lipinski definition) is 2. The number of aliphatic carboxylic acids is 1. The fourth-order valence-electron chi connectivity index (χ4n) is 2.63. The van der Waals surface area contributed by atoms with E-state index in [-0.39, 0.29) is 24.6 Å². The molecule has 0 aromatic carbocycles. The molecule has 0 aromatic rings. The molecule has 2 aliphatic rings. The average Bonchev–Trinajstić information content (AvgIpc) is 2.37. The number of nitrogens with one attached hydrogen (secondary N) is 1. The Kier molecular flexibility index (Phi) is 4.36. The number of rotatable bonds is 4. The number of carboxylic acid groups (broad SMARTS) is 1. The van der Waals surface area contributed by atoms with Gasteiger partial charge in [0.25, 0.3) is 0 Å². The van der Waals surface area contributed by atoms with E-state index in [0.29, 0.717) is 32.5 Å². The summed E-state index contributed by atoms with van der Waals surface area (Å²) in [5.41, 5.74) is -0.588. The molecule has 2 heterocycles. The number of likely N-dealkylation sites (tertiary alicyclic amines) is 2. The summed E-state index contributed by atoms with van der Waals surface area (Å²) in [6.07, 6.45) is 1.09. The molecule has 0 aromatic heterocycles. The molecule has 21 heavy (non-hydrogen) atoms. The van der Waals surface area contributed by atoms with Gasteiger partial charge in [-0.1, -0.05) is 0 Å². The molecule has 1 atom stereocenters. The zero-order valence-electron chi connectivity index (χ0n) is 12.3. The molecule has 3 amide bonds. The maximum atomic E-state index is 12.0. The third-order valence-corrected chi connectivity index (χ3v) is 3.84. The molecule has 8 heteroatoms. The zero-order valence-corrected chi connectivity index (χ0v) is 12.3. The van der Waals surface area contributed by atoms with Crippen molar-refractivity contribution in [2.75, 3.05) is 33.3 Å². The Balaban J connectivity index is 1.74. The van der Waals surface area contributed by atoms with Gasteiger partial charge in [-0.15, -0.1) is 0 Å². The van der Waals surface area contributed by atoms with Crippen LogP contribution in [0, 0.1) is 0 Å². The maximum absolute atomic E-state index is 12.0. The summed E-state index contributed by atoms with van der Waals surface area (Å²) in [5.74, 6) is -0.923. The number of amides is 3. The van der Waals surface area contributed by atoms with Crippen LogP contribution >= 0.6 is 0 Å². The average molecular weight is 299 g/mol. The summed E-state index contributed by atoms with van der Waals surface area (Å²) in [4.78, 5) is 37.1. The number of carbonyl (C=O) groups excluding carboxylic acids is 2. The monoisotopic (exact) mass is 299 g/mol. The van der Waals surface area contributed by atoms with Gasteiger partial charge < -0.3 is 25.0 Å². The van der Waals surface area contributed by atoms with Crippen molar-refractivity contribution in [2.45, 2.75) is 31.4 Å². The number of nitrogens with zero attached hydrogens (tertiary/aromatic N) is 2. The highest BCUT2D eigenvalue weighted by Crippen LogP contribution is 2.24. The molecular weight excluding hydrogens is 278 g/mol. The van der Waals surface area contributed by atoms with Gasteiger partial charge in [-0.05, 0) is 13.3 Å². The van der Waals surface area contributed by atoms with Gasteiger partial charge in [0.15, 0.2) is 0 Å². The summed E-state index contributed by atoms with van der Waals surface area (Å²) >= 11 is 0. The van der Waals surface area contributed by atoms with Crippen molar-refractivity contribution < 1.29 is 24.2 Å². The van der Waals surface area contributed by atoms with Crippen LogP contribution < -0.4 is 5.32 Å². The summed E-state index contributed by atoms with van der Waals surface area (Å²) in [7, 11) is 1.72. The van der Waals surface area contributed by atoms with E-state index >= 15 is 0 Å². The minimum Gasteiger partial charge on any atom is -0.480 e. The Labute approximate surface area is 123 Å². The highest BCUT2D eigenvalue weighted by atomic mass is 16.5. The normalized spacial score (nSPS) is 24.5. The van der Waals surface area contributed by atoms with Crippen LogP contribution in [0.5, 0.6) is 0 Å².